The Morgan fingerprint density at radius 1 is 1.41 bits per heavy atom. The molecule has 3 nitrogen and oxygen atoms in total. The van der Waals surface area contributed by atoms with Gasteiger partial charge in [-0.3, -0.25) is 0 Å². The zero-order valence-corrected chi connectivity index (χ0v) is 10.0. The largest absolute Gasteiger partial charge is 0.479 e. The van der Waals surface area contributed by atoms with E-state index in [0.29, 0.717) is 6.42 Å². The monoisotopic (exact) mass is 234 g/mol. The molecule has 1 N–H and O–H groups in total. The second-order valence-corrected chi connectivity index (χ2v) is 3.81. The van der Waals surface area contributed by atoms with Crippen molar-refractivity contribution < 1.29 is 14.6 Å². The maximum atomic E-state index is 10.7. The highest BCUT2D eigenvalue weighted by Crippen LogP contribution is 2.07. The molecule has 0 saturated carbocycles. The molecule has 0 fully saturated rings. The molecule has 0 unspecified atom stereocenters. The smallest absolute Gasteiger partial charge is 0.332 e. The molecular formula is C14H18O3. The van der Waals surface area contributed by atoms with Gasteiger partial charge in [-0.15, -0.1) is 0 Å². The lowest BCUT2D eigenvalue weighted by atomic mass is 10.1. The maximum Gasteiger partial charge on any atom is 0.332 e. The minimum absolute atomic E-state index is 0.547. The third kappa shape index (κ3) is 5.31. The summed E-state index contributed by atoms with van der Waals surface area (Å²) < 4.78 is 4.85. The predicted octanol–water partition coefficient (Wildman–Crippen LogP) is 2.97. The molecule has 92 valence electrons. The van der Waals surface area contributed by atoms with E-state index in [1.807, 2.05) is 36.4 Å². The molecule has 0 spiro atoms. The highest BCUT2D eigenvalue weighted by molar-refractivity contribution is 5.72. The number of carboxylic acids is 1. The van der Waals surface area contributed by atoms with Gasteiger partial charge in [0.15, 0.2) is 6.10 Å². The fourth-order valence-corrected chi connectivity index (χ4v) is 1.55. The molecule has 0 aliphatic heterocycles. The van der Waals surface area contributed by atoms with Crippen molar-refractivity contribution in [2.45, 2.75) is 25.4 Å². The minimum Gasteiger partial charge on any atom is -0.479 e. The van der Waals surface area contributed by atoms with Crippen LogP contribution in [-0.2, 0) is 9.53 Å². The van der Waals surface area contributed by atoms with Crippen molar-refractivity contribution in [3.05, 3.63) is 42.0 Å². The van der Waals surface area contributed by atoms with Crippen molar-refractivity contribution in [1.82, 2.24) is 0 Å². The molecule has 0 bridgehead atoms. The van der Waals surface area contributed by atoms with Crippen molar-refractivity contribution in [3.8, 4) is 0 Å². The highest BCUT2D eigenvalue weighted by atomic mass is 16.5. The summed E-state index contributed by atoms with van der Waals surface area (Å²) in [6.07, 6.45) is 5.65. The van der Waals surface area contributed by atoms with Crippen LogP contribution in [0.3, 0.4) is 0 Å². The summed E-state index contributed by atoms with van der Waals surface area (Å²) in [4.78, 5) is 10.7. The fourth-order valence-electron chi connectivity index (χ4n) is 1.55. The van der Waals surface area contributed by atoms with E-state index in [1.165, 1.54) is 7.11 Å². The number of allylic oxidation sites excluding steroid dienone is 1. The number of carboxylic acid groups (broad SMARTS) is 1. The lowest BCUT2D eigenvalue weighted by Crippen LogP contribution is -2.21. The van der Waals surface area contributed by atoms with Gasteiger partial charge in [0.1, 0.15) is 0 Å². The van der Waals surface area contributed by atoms with Crippen LogP contribution in [0.15, 0.2) is 36.4 Å². The molecule has 0 saturated heterocycles. The molecule has 0 amide bonds. The van der Waals surface area contributed by atoms with Gasteiger partial charge >= 0.3 is 5.97 Å². The molecule has 3 heteroatoms. The topological polar surface area (TPSA) is 46.5 Å². The number of aliphatic carboxylic acids is 1. The van der Waals surface area contributed by atoms with Crippen molar-refractivity contribution in [2.24, 2.45) is 0 Å². The summed E-state index contributed by atoms with van der Waals surface area (Å²) in [5.41, 5.74) is 1.16. The SMILES string of the molecule is CO[C@H](CCC/C=C/c1ccccc1)C(=O)O. The third-order valence-corrected chi connectivity index (χ3v) is 2.51. The highest BCUT2D eigenvalue weighted by Gasteiger charge is 2.14. The molecule has 0 aromatic heterocycles. The standard InChI is InChI=1S/C14H18O3/c1-17-13(14(15)16)11-7-3-6-10-12-8-4-2-5-9-12/h2,4-6,8-10,13H,3,7,11H2,1H3,(H,15,16)/b10-6+/t13-/m1/s1. The van der Waals surface area contributed by atoms with Crippen LogP contribution in [0.4, 0.5) is 0 Å². The van der Waals surface area contributed by atoms with E-state index in [9.17, 15) is 4.79 Å². The number of benzene rings is 1. The van der Waals surface area contributed by atoms with E-state index in [1.54, 1.807) is 0 Å². The quantitative estimate of drug-likeness (QED) is 0.738. The Kier molecular flexibility index (Phi) is 6.04. The Morgan fingerprint density at radius 2 is 2.12 bits per heavy atom. The van der Waals surface area contributed by atoms with Crippen LogP contribution in [0.5, 0.6) is 0 Å². The fraction of sp³-hybridized carbons (Fsp3) is 0.357. The number of hydrogen-bond donors (Lipinski definition) is 1. The number of methoxy groups -OCH3 is 1. The first-order chi connectivity index (χ1) is 8.24. The van der Waals surface area contributed by atoms with E-state index in [2.05, 4.69) is 6.08 Å². The third-order valence-electron chi connectivity index (χ3n) is 2.51. The second-order valence-electron chi connectivity index (χ2n) is 3.81. The predicted molar refractivity (Wildman–Crippen MR) is 67.8 cm³/mol. The summed E-state index contributed by atoms with van der Waals surface area (Å²) in [5.74, 6) is -0.889. The average molecular weight is 234 g/mol. The van der Waals surface area contributed by atoms with Gasteiger partial charge in [0.05, 0.1) is 0 Å². The first-order valence-corrected chi connectivity index (χ1v) is 5.71. The maximum absolute atomic E-state index is 10.7. The number of unbranched alkanes of at least 4 members (excludes halogenated alkanes) is 1. The van der Waals surface area contributed by atoms with Crippen LogP contribution >= 0.6 is 0 Å². The molecule has 1 rings (SSSR count). The average Bonchev–Trinajstić information content (AvgIpc) is 2.34. The van der Waals surface area contributed by atoms with E-state index < -0.39 is 12.1 Å². The van der Waals surface area contributed by atoms with Gasteiger partial charge in [-0.05, 0) is 24.8 Å². The zero-order valence-electron chi connectivity index (χ0n) is 10.0. The Bertz CT molecular complexity index is 357. The normalized spacial score (nSPS) is 12.8. The lowest BCUT2D eigenvalue weighted by Gasteiger charge is -2.08. The molecule has 0 heterocycles. The van der Waals surface area contributed by atoms with Crippen molar-refractivity contribution in [2.75, 3.05) is 7.11 Å². The van der Waals surface area contributed by atoms with E-state index >= 15 is 0 Å². The van der Waals surface area contributed by atoms with Crippen LogP contribution in [0.1, 0.15) is 24.8 Å². The number of rotatable bonds is 7. The van der Waals surface area contributed by atoms with Crippen LogP contribution < -0.4 is 0 Å². The molecule has 0 aliphatic rings. The first kappa shape index (κ1) is 13.5. The lowest BCUT2D eigenvalue weighted by molar-refractivity contribution is -0.148. The van der Waals surface area contributed by atoms with Crippen molar-refractivity contribution >= 4 is 12.0 Å². The first-order valence-electron chi connectivity index (χ1n) is 5.71. The molecule has 1 aromatic carbocycles. The van der Waals surface area contributed by atoms with Crippen LogP contribution in [0, 0.1) is 0 Å². The molecule has 0 radical (unpaired) electrons. The molecule has 0 aliphatic carbocycles. The number of carbonyl (C=O) groups is 1. The van der Waals surface area contributed by atoms with Crippen LogP contribution in [0.2, 0.25) is 0 Å². The molecule has 1 aromatic rings. The van der Waals surface area contributed by atoms with E-state index in [-0.39, 0.29) is 0 Å². The Labute approximate surface area is 102 Å². The Balaban J connectivity index is 2.24. The summed E-state index contributed by atoms with van der Waals surface area (Å²) in [6.45, 7) is 0. The van der Waals surface area contributed by atoms with Crippen LogP contribution in [0.25, 0.3) is 6.08 Å². The summed E-state index contributed by atoms with van der Waals surface area (Å²) in [5, 5.41) is 8.76. The minimum atomic E-state index is -0.889. The zero-order chi connectivity index (χ0) is 12.5. The number of ether oxygens (including phenoxy) is 1. The Hall–Kier alpha value is -1.61. The Morgan fingerprint density at radius 3 is 2.71 bits per heavy atom. The molecule has 1 atom stereocenters. The van der Waals surface area contributed by atoms with Gasteiger partial charge in [0, 0.05) is 7.11 Å². The van der Waals surface area contributed by atoms with E-state index in [4.69, 9.17) is 9.84 Å². The van der Waals surface area contributed by atoms with Crippen LogP contribution in [-0.4, -0.2) is 24.3 Å². The number of hydrogen-bond acceptors (Lipinski definition) is 2. The van der Waals surface area contributed by atoms with Gasteiger partial charge in [-0.1, -0.05) is 42.5 Å². The van der Waals surface area contributed by atoms with Gasteiger partial charge in [0.2, 0.25) is 0 Å². The van der Waals surface area contributed by atoms with Gasteiger partial charge < -0.3 is 9.84 Å². The van der Waals surface area contributed by atoms with Gasteiger partial charge in [-0.2, -0.15) is 0 Å². The van der Waals surface area contributed by atoms with Gasteiger partial charge in [-0.25, -0.2) is 4.79 Å². The molecular weight excluding hydrogens is 216 g/mol. The van der Waals surface area contributed by atoms with Gasteiger partial charge in [0.25, 0.3) is 0 Å². The summed E-state index contributed by atoms with van der Waals surface area (Å²) >= 11 is 0. The second kappa shape index (κ2) is 7.63. The molecule has 17 heavy (non-hydrogen) atoms. The van der Waals surface area contributed by atoms with Crippen molar-refractivity contribution in [3.63, 3.8) is 0 Å². The van der Waals surface area contributed by atoms with E-state index in [0.717, 1.165) is 18.4 Å². The summed E-state index contributed by atoms with van der Waals surface area (Å²) in [7, 11) is 1.43. The summed E-state index contributed by atoms with van der Waals surface area (Å²) in [6, 6.07) is 10.0. The van der Waals surface area contributed by atoms with Crippen molar-refractivity contribution in [1.29, 1.82) is 0 Å².